The highest BCUT2D eigenvalue weighted by Gasteiger charge is 2.48. The molecule has 4 heteroatoms. The van der Waals surface area contributed by atoms with Gasteiger partial charge in [-0.2, -0.15) is 0 Å². The third-order valence-corrected chi connectivity index (χ3v) is 22.6. The van der Waals surface area contributed by atoms with Crippen LogP contribution in [-0.2, 0) is 31.1 Å². The molecule has 0 saturated heterocycles. The predicted molar refractivity (Wildman–Crippen MR) is 410 cm³/mol. The highest BCUT2D eigenvalue weighted by Crippen LogP contribution is 2.66. The van der Waals surface area contributed by atoms with Crippen molar-refractivity contribution in [2.24, 2.45) is 0 Å². The second kappa shape index (κ2) is 21.5. The van der Waals surface area contributed by atoms with Crippen molar-refractivity contribution in [3.05, 3.63) is 370 Å². The van der Waals surface area contributed by atoms with Gasteiger partial charge < -0.3 is 18.9 Å². The van der Waals surface area contributed by atoms with Crippen LogP contribution in [0.25, 0.3) is 77.7 Å². The zero-order valence-electron chi connectivity index (χ0n) is 66.9. The molecule has 0 fully saturated rings. The highest BCUT2D eigenvalue weighted by atomic mass is 15.2. The second-order valence-corrected chi connectivity index (χ2v) is 28.7. The Morgan fingerprint density at radius 2 is 0.707 bits per heavy atom. The second-order valence-electron chi connectivity index (χ2n) is 28.7. The van der Waals surface area contributed by atoms with Gasteiger partial charge in [0.2, 0.25) is 0 Å². The molecule has 4 atom stereocenters. The molecule has 4 nitrogen and oxygen atoms in total. The lowest BCUT2D eigenvalue weighted by Crippen LogP contribution is -2.31. The summed E-state index contributed by atoms with van der Waals surface area (Å²) in [6.45, 7) is 6.32. The monoisotopic (exact) mass is 1280 g/mol. The number of nitrogens with zero attached hydrogens (tertiary/aromatic N) is 4. The van der Waals surface area contributed by atoms with E-state index in [-0.39, 0.29) is 164 Å². The lowest BCUT2D eigenvalue weighted by atomic mass is 9.73. The predicted octanol–water partition coefficient (Wildman–Crippen LogP) is 24.2. The van der Waals surface area contributed by atoms with Gasteiger partial charge in [0.1, 0.15) is 0 Å². The van der Waals surface area contributed by atoms with Gasteiger partial charge in [0.25, 0.3) is 0 Å². The summed E-state index contributed by atoms with van der Waals surface area (Å²) < 4.78 is 134. The summed E-state index contributed by atoms with van der Waals surface area (Å²) in [5.74, 6) is -0.950. The fourth-order valence-corrected chi connectivity index (χ4v) is 18.4. The zero-order valence-corrected chi connectivity index (χ0v) is 54.9. The van der Waals surface area contributed by atoms with Crippen LogP contribution in [0.5, 0.6) is 0 Å². The van der Waals surface area contributed by atoms with Gasteiger partial charge in [-0.15, -0.1) is 0 Å². The molecule has 0 amide bonds. The highest BCUT2D eigenvalue weighted by molar-refractivity contribution is 6.07. The van der Waals surface area contributed by atoms with Crippen LogP contribution in [0, 0.1) is 0 Å². The lowest BCUT2D eigenvalue weighted by molar-refractivity contribution is 0.590. The molecule has 0 saturated carbocycles. The van der Waals surface area contributed by atoms with Crippen LogP contribution in [0.1, 0.15) is 134 Å². The maximum Gasteiger partial charge on any atom is 0.0667 e. The summed E-state index contributed by atoms with van der Waals surface area (Å²) in [5.41, 5.74) is 16.5. The Balaban J connectivity index is 0.966. The van der Waals surface area contributed by atoms with E-state index in [1.807, 2.05) is 168 Å². The van der Waals surface area contributed by atoms with Crippen LogP contribution >= 0.6 is 0 Å². The first-order chi connectivity index (χ1) is 53.8. The normalized spacial score (nSPS) is 19.6. The number of hydrogen-bond donors (Lipinski definition) is 0. The lowest BCUT2D eigenvalue weighted by Gasteiger charge is -2.47. The first-order valence-corrected chi connectivity index (χ1v) is 34.8. The number of fused-ring (bicyclic) bond motifs is 18. The molecule has 4 aliphatic carbocycles. The van der Waals surface area contributed by atoms with Gasteiger partial charge in [0, 0.05) is 67.3 Å². The summed E-state index contributed by atoms with van der Waals surface area (Å²) in [6, 6.07) is 72.3. The number of anilines is 6. The Kier molecular flexibility index (Phi) is 9.97. The summed E-state index contributed by atoms with van der Waals surface area (Å²) in [4.78, 5) is 3.87. The third-order valence-electron chi connectivity index (χ3n) is 22.6. The Bertz CT molecular complexity index is 6060. The van der Waals surface area contributed by atoms with Crippen LogP contribution in [0.3, 0.4) is 0 Å². The summed E-state index contributed by atoms with van der Waals surface area (Å²) in [7, 11) is 0. The molecular formula is C95H72N4. The minimum atomic E-state index is -1.35. The molecule has 0 N–H and O–H groups in total. The van der Waals surface area contributed by atoms with Gasteiger partial charge in [0.05, 0.1) is 61.6 Å². The fraction of sp³-hybridized carbons (Fsp3) is 0.137. The SMILES string of the molecule is [2H]c1c([2H])c(-c2ccccc2)c(N2c3cc(C(C)(C)C)cc4c3C(c3c([2H])c([2H])c(-n5c6c(c7ccccc75)C5Cc7ccccc7C5C6)c([2H])c32)c2c([2H])c([2H])c(-n3c5c(c6ccccc63)C3Cc6ccccc6C3C5)c([2H])c2N4c2c(-c3ccccc3)c([2H])c([2H])c([2H])c2-c2ccccc2)c(-c2ccccc2)c1[2H]. The number of aromatic nitrogens is 2. The van der Waals surface area contributed by atoms with E-state index in [4.69, 9.17) is 0 Å². The molecule has 6 aliphatic rings. The fourth-order valence-electron chi connectivity index (χ4n) is 18.4. The van der Waals surface area contributed by atoms with E-state index >= 15 is 0 Å². The molecule has 4 unspecified atom stereocenters. The van der Waals surface area contributed by atoms with Crippen LogP contribution in [0.15, 0.2) is 303 Å². The van der Waals surface area contributed by atoms with Gasteiger partial charge in [-0.05, 0) is 176 Å². The van der Waals surface area contributed by atoms with Gasteiger partial charge in [-0.3, -0.25) is 0 Å². The molecule has 15 aromatic rings. The van der Waals surface area contributed by atoms with Gasteiger partial charge in [-0.25, -0.2) is 0 Å². The van der Waals surface area contributed by atoms with Gasteiger partial charge in [-0.1, -0.05) is 275 Å². The van der Waals surface area contributed by atoms with Crippen molar-refractivity contribution in [1.82, 2.24) is 9.13 Å². The van der Waals surface area contributed by atoms with Crippen LogP contribution in [0.2, 0.25) is 0 Å². The van der Waals surface area contributed by atoms with Gasteiger partial charge in [0.15, 0.2) is 0 Å². The molecule has 4 heterocycles. The smallest absolute Gasteiger partial charge is 0.0667 e. The van der Waals surface area contributed by atoms with Crippen molar-refractivity contribution in [3.8, 4) is 55.9 Å². The van der Waals surface area contributed by atoms with E-state index in [1.54, 1.807) is 0 Å². The third kappa shape index (κ3) is 8.33. The molecule has 99 heavy (non-hydrogen) atoms. The molecule has 0 radical (unpaired) electrons. The van der Waals surface area contributed by atoms with E-state index in [0.717, 1.165) is 62.7 Å². The van der Waals surface area contributed by atoms with Gasteiger partial charge >= 0.3 is 0 Å². The van der Waals surface area contributed by atoms with Crippen LogP contribution in [-0.4, -0.2) is 9.13 Å². The van der Waals surface area contributed by atoms with Crippen molar-refractivity contribution in [2.75, 3.05) is 9.80 Å². The summed E-state index contributed by atoms with van der Waals surface area (Å²) in [6.07, 6.45) is 2.80. The molecule has 13 aromatic carbocycles. The minimum absolute atomic E-state index is 0.0929. The van der Waals surface area contributed by atoms with Crippen molar-refractivity contribution in [1.29, 1.82) is 0 Å². The topological polar surface area (TPSA) is 16.3 Å². The number of benzene rings is 13. The van der Waals surface area contributed by atoms with Crippen LogP contribution in [0.4, 0.5) is 34.1 Å². The Morgan fingerprint density at radius 3 is 1.10 bits per heavy atom. The van der Waals surface area contributed by atoms with Crippen molar-refractivity contribution in [3.63, 3.8) is 0 Å². The van der Waals surface area contributed by atoms with Crippen LogP contribution < -0.4 is 9.80 Å². The van der Waals surface area contributed by atoms with Crippen molar-refractivity contribution in [2.45, 2.75) is 81.5 Å². The average molecular weight is 1280 g/mol. The quantitative estimate of drug-likeness (QED) is 0.151. The number of para-hydroxylation sites is 4. The molecule has 472 valence electrons. The molecule has 0 bridgehead atoms. The molecular weight excluding hydrogens is 1200 g/mol. The first kappa shape index (κ1) is 45.9. The average Bonchev–Trinajstić information content (AvgIpc) is 0.847. The zero-order chi connectivity index (χ0) is 75.8. The first-order valence-electron chi connectivity index (χ1n) is 40.8. The van der Waals surface area contributed by atoms with Crippen molar-refractivity contribution >= 4 is 55.9 Å². The summed E-state index contributed by atoms with van der Waals surface area (Å²) >= 11 is 0. The standard InChI is InChI=1S/C95H72N4/c1-95(2,3)64-52-85-92-86(53-64)99(94-71(60-30-12-6-13-31-60)42-25-43-72(94)61-32-14-7-15-33-61)84-55-66(97-82-45-23-21-39-74(82)90-80-51-63-35-17-19-37-68(63)78(80)57-88(90)97)47-49-76(84)91(92)75-48-46-65(96-81-44-22-20-38-73(81)89-79-50-62-34-16-18-36-67(62)77(79)56-87(89)96)54-83(75)98(85)93-69(58-26-8-4-9-27-58)40-24-41-70(93)59-28-10-5-11-29-59/h4-49,52-55,77-80,91H,50-51,56-57H2,1-3H3/i24D,25D,40D,41D,42D,43D,46D,47D,48D,49D,54D,55D. The minimum Gasteiger partial charge on any atom is -0.313 e. The molecule has 0 spiro atoms. The summed E-state index contributed by atoms with van der Waals surface area (Å²) in [5, 5.41) is 1.98. The van der Waals surface area contributed by atoms with E-state index in [1.165, 1.54) is 22.3 Å². The Morgan fingerprint density at radius 1 is 0.343 bits per heavy atom. The Hall–Kier alpha value is -11.5. The maximum atomic E-state index is 11.8. The molecule has 2 aromatic heterocycles. The number of hydrogen-bond acceptors (Lipinski definition) is 2. The van der Waals surface area contributed by atoms with Crippen molar-refractivity contribution < 1.29 is 16.4 Å². The van der Waals surface area contributed by atoms with E-state index in [0.29, 0.717) is 52.0 Å². The van der Waals surface area contributed by atoms with E-state index < -0.39 is 11.3 Å². The molecule has 2 aliphatic heterocycles. The molecule has 21 rings (SSSR count). The van der Waals surface area contributed by atoms with E-state index in [2.05, 4.69) is 103 Å². The Labute approximate surface area is 595 Å². The largest absolute Gasteiger partial charge is 0.313 e. The maximum absolute atomic E-state index is 11.8. The number of rotatable bonds is 8. The van der Waals surface area contributed by atoms with E-state index in [9.17, 15) is 16.4 Å².